The fourth-order valence-corrected chi connectivity index (χ4v) is 1.71. The molecule has 0 bridgehead atoms. The number of rotatable bonds is 2. The standard InChI is InChI=1S/C13H13ClN2/c1-9-3-2-4-11(7-9)16-13-6-5-10(14)8-12(13)15/h2-8,16H,15H2,1H3. The van der Waals surface area contributed by atoms with E-state index in [9.17, 15) is 0 Å². The monoisotopic (exact) mass is 232 g/mol. The molecule has 0 heterocycles. The van der Waals surface area contributed by atoms with E-state index in [0.29, 0.717) is 10.7 Å². The summed E-state index contributed by atoms with van der Waals surface area (Å²) in [5, 5.41) is 3.90. The lowest BCUT2D eigenvalue weighted by molar-refractivity contribution is 1.45. The quantitative estimate of drug-likeness (QED) is 0.769. The lowest BCUT2D eigenvalue weighted by atomic mass is 10.2. The minimum absolute atomic E-state index is 0.646. The van der Waals surface area contributed by atoms with Crippen LogP contribution in [-0.4, -0.2) is 0 Å². The van der Waals surface area contributed by atoms with E-state index >= 15 is 0 Å². The lowest BCUT2D eigenvalue weighted by Crippen LogP contribution is -1.96. The number of aryl methyl sites for hydroxylation is 1. The number of nitrogens with two attached hydrogens (primary N) is 1. The van der Waals surface area contributed by atoms with Crippen molar-refractivity contribution in [2.75, 3.05) is 11.1 Å². The van der Waals surface area contributed by atoms with E-state index in [4.69, 9.17) is 17.3 Å². The largest absolute Gasteiger partial charge is 0.397 e. The highest BCUT2D eigenvalue weighted by atomic mass is 35.5. The highest BCUT2D eigenvalue weighted by Crippen LogP contribution is 2.26. The van der Waals surface area contributed by atoms with Gasteiger partial charge in [0.05, 0.1) is 11.4 Å². The van der Waals surface area contributed by atoms with E-state index in [1.807, 2.05) is 24.3 Å². The molecule has 0 saturated carbocycles. The number of hydrogen-bond donors (Lipinski definition) is 2. The third-order valence-corrected chi connectivity index (χ3v) is 2.55. The van der Waals surface area contributed by atoms with Crippen molar-refractivity contribution in [2.45, 2.75) is 6.92 Å². The van der Waals surface area contributed by atoms with Crippen LogP contribution >= 0.6 is 11.6 Å². The van der Waals surface area contributed by atoms with Crippen LogP contribution in [0.2, 0.25) is 5.02 Å². The molecule has 2 aromatic rings. The van der Waals surface area contributed by atoms with Crippen molar-refractivity contribution in [3.05, 3.63) is 53.1 Å². The molecule has 82 valence electrons. The molecule has 0 unspecified atom stereocenters. The van der Waals surface area contributed by atoms with Crippen molar-refractivity contribution in [3.8, 4) is 0 Å². The molecule has 0 saturated heterocycles. The Hall–Kier alpha value is -1.67. The number of hydrogen-bond acceptors (Lipinski definition) is 2. The molecule has 0 spiro atoms. The smallest absolute Gasteiger partial charge is 0.0618 e. The van der Waals surface area contributed by atoms with Crippen molar-refractivity contribution in [2.24, 2.45) is 0 Å². The molecular weight excluding hydrogens is 220 g/mol. The Morgan fingerprint density at radius 3 is 2.62 bits per heavy atom. The molecule has 16 heavy (non-hydrogen) atoms. The summed E-state index contributed by atoms with van der Waals surface area (Å²) in [5.74, 6) is 0. The maximum atomic E-state index is 5.86. The SMILES string of the molecule is Cc1cccc(Nc2ccc(Cl)cc2N)c1. The Morgan fingerprint density at radius 2 is 1.94 bits per heavy atom. The zero-order chi connectivity index (χ0) is 11.5. The topological polar surface area (TPSA) is 38.0 Å². The van der Waals surface area contributed by atoms with Crippen LogP contribution in [0.25, 0.3) is 0 Å². The van der Waals surface area contributed by atoms with Crippen LogP contribution in [0.3, 0.4) is 0 Å². The predicted octanol–water partition coefficient (Wildman–Crippen LogP) is 3.97. The van der Waals surface area contributed by atoms with E-state index in [1.165, 1.54) is 5.56 Å². The van der Waals surface area contributed by atoms with Crippen LogP contribution in [0.15, 0.2) is 42.5 Å². The molecule has 0 amide bonds. The van der Waals surface area contributed by atoms with Crippen molar-refractivity contribution < 1.29 is 0 Å². The fraction of sp³-hybridized carbons (Fsp3) is 0.0769. The molecule has 2 rings (SSSR count). The van der Waals surface area contributed by atoms with Gasteiger partial charge >= 0.3 is 0 Å². The van der Waals surface area contributed by atoms with Gasteiger partial charge in [-0.25, -0.2) is 0 Å². The zero-order valence-corrected chi connectivity index (χ0v) is 9.75. The lowest BCUT2D eigenvalue weighted by Gasteiger charge is -2.10. The van der Waals surface area contributed by atoms with Crippen molar-refractivity contribution in [1.82, 2.24) is 0 Å². The number of benzene rings is 2. The van der Waals surface area contributed by atoms with Crippen LogP contribution in [0.1, 0.15) is 5.56 Å². The molecule has 2 aromatic carbocycles. The van der Waals surface area contributed by atoms with E-state index < -0.39 is 0 Å². The van der Waals surface area contributed by atoms with Gasteiger partial charge in [-0.05, 0) is 42.8 Å². The van der Waals surface area contributed by atoms with Gasteiger partial charge in [-0.1, -0.05) is 23.7 Å². The van der Waals surface area contributed by atoms with Crippen LogP contribution in [0.5, 0.6) is 0 Å². The summed E-state index contributed by atoms with van der Waals surface area (Å²) < 4.78 is 0. The van der Waals surface area contributed by atoms with Gasteiger partial charge in [-0.15, -0.1) is 0 Å². The predicted molar refractivity (Wildman–Crippen MR) is 70.3 cm³/mol. The highest BCUT2D eigenvalue weighted by Gasteiger charge is 2.00. The van der Waals surface area contributed by atoms with Crippen LogP contribution in [0, 0.1) is 6.92 Å². The average molecular weight is 233 g/mol. The summed E-state index contributed by atoms with van der Waals surface area (Å²) in [4.78, 5) is 0. The van der Waals surface area contributed by atoms with Gasteiger partial charge < -0.3 is 11.1 Å². The minimum Gasteiger partial charge on any atom is -0.397 e. The molecule has 0 aromatic heterocycles. The number of nitrogens with one attached hydrogen (secondary N) is 1. The molecule has 2 nitrogen and oxygen atoms in total. The number of nitrogen functional groups attached to an aromatic ring is 1. The summed E-state index contributed by atoms with van der Waals surface area (Å²) in [6.45, 7) is 2.05. The van der Waals surface area contributed by atoms with Crippen molar-refractivity contribution in [3.63, 3.8) is 0 Å². The number of anilines is 3. The first-order chi connectivity index (χ1) is 7.65. The normalized spacial score (nSPS) is 10.1. The van der Waals surface area contributed by atoms with Gasteiger partial charge in [-0.3, -0.25) is 0 Å². The van der Waals surface area contributed by atoms with Crippen LogP contribution in [-0.2, 0) is 0 Å². The first kappa shape index (κ1) is 10.8. The van der Waals surface area contributed by atoms with Crippen molar-refractivity contribution >= 4 is 28.7 Å². The second-order valence-corrected chi connectivity index (χ2v) is 4.16. The molecular formula is C13H13ClN2. The van der Waals surface area contributed by atoms with E-state index in [0.717, 1.165) is 11.4 Å². The average Bonchev–Trinajstić information content (AvgIpc) is 2.22. The number of halogens is 1. The van der Waals surface area contributed by atoms with Gasteiger partial charge in [-0.2, -0.15) is 0 Å². The second kappa shape index (κ2) is 4.45. The van der Waals surface area contributed by atoms with Gasteiger partial charge in [0.1, 0.15) is 0 Å². The van der Waals surface area contributed by atoms with Crippen molar-refractivity contribution in [1.29, 1.82) is 0 Å². The first-order valence-corrected chi connectivity index (χ1v) is 5.42. The zero-order valence-electron chi connectivity index (χ0n) is 9.00. The Labute approximate surface area is 100 Å². The fourth-order valence-electron chi connectivity index (χ4n) is 1.53. The Balaban J connectivity index is 2.27. The van der Waals surface area contributed by atoms with Gasteiger partial charge in [0, 0.05) is 10.7 Å². The van der Waals surface area contributed by atoms with E-state index in [1.54, 1.807) is 6.07 Å². The molecule has 3 heteroatoms. The summed E-state index contributed by atoms with van der Waals surface area (Å²) >= 11 is 5.84. The van der Waals surface area contributed by atoms with Gasteiger partial charge in [0.15, 0.2) is 0 Å². The Morgan fingerprint density at radius 1 is 1.12 bits per heavy atom. The summed E-state index contributed by atoms with van der Waals surface area (Å²) in [5.41, 5.74) is 9.61. The van der Waals surface area contributed by atoms with Gasteiger partial charge in [0.2, 0.25) is 0 Å². The molecule has 0 aliphatic heterocycles. The van der Waals surface area contributed by atoms with Gasteiger partial charge in [0.25, 0.3) is 0 Å². The highest BCUT2D eigenvalue weighted by molar-refractivity contribution is 6.31. The van der Waals surface area contributed by atoms with Crippen LogP contribution in [0.4, 0.5) is 17.1 Å². The molecule has 0 radical (unpaired) electrons. The minimum atomic E-state index is 0.646. The first-order valence-electron chi connectivity index (χ1n) is 5.04. The van der Waals surface area contributed by atoms with E-state index in [-0.39, 0.29) is 0 Å². The third kappa shape index (κ3) is 2.47. The molecule has 0 fully saturated rings. The molecule has 0 atom stereocenters. The summed E-state index contributed by atoms with van der Waals surface area (Å²) in [7, 11) is 0. The Kier molecular flexibility index (Phi) is 3.02. The molecule has 0 aliphatic carbocycles. The van der Waals surface area contributed by atoms with Crippen LogP contribution < -0.4 is 11.1 Å². The maximum absolute atomic E-state index is 5.86. The molecule has 3 N–H and O–H groups in total. The maximum Gasteiger partial charge on any atom is 0.0618 e. The third-order valence-electron chi connectivity index (χ3n) is 2.31. The second-order valence-electron chi connectivity index (χ2n) is 3.73. The summed E-state index contributed by atoms with van der Waals surface area (Å²) in [6, 6.07) is 13.5. The summed E-state index contributed by atoms with van der Waals surface area (Å²) in [6.07, 6.45) is 0. The Bertz CT molecular complexity index is 509. The van der Waals surface area contributed by atoms with E-state index in [2.05, 4.69) is 24.4 Å². The molecule has 0 aliphatic rings.